The average molecular weight is 262 g/mol. The van der Waals surface area contributed by atoms with Crippen LogP contribution in [0, 0.1) is 11.2 Å². The minimum atomic E-state index is -0.886. The molecule has 17 heavy (non-hydrogen) atoms. The molecule has 0 spiro atoms. The first-order chi connectivity index (χ1) is 7.39. The summed E-state index contributed by atoms with van der Waals surface area (Å²) < 4.78 is 17.7. The Morgan fingerprint density at radius 1 is 1.47 bits per heavy atom. The zero-order chi connectivity index (χ0) is 12.3. The topological polar surface area (TPSA) is 52.3 Å². The zero-order valence-electron chi connectivity index (χ0n) is 10.1. The van der Waals surface area contributed by atoms with Crippen LogP contribution in [-0.2, 0) is 9.53 Å². The van der Waals surface area contributed by atoms with Crippen molar-refractivity contribution in [2.75, 3.05) is 7.11 Å². The minimum Gasteiger partial charge on any atom is -0.469 e. The SMILES string of the molecule is COC(=O)C(C)(C)[C@@H](N)c1cccc(F)c1.Cl. The number of methoxy groups -OCH3 is 1. The summed E-state index contributed by atoms with van der Waals surface area (Å²) in [5.74, 6) is -0.780. The van der Waals surface area contributed by atoms with Crippen molar-refractivity contribution in [3.63, 3.8) is 0 Å². The molecule has 0 fully saturated rings. The molecule has 5 heteroatoms. The smallest absolute Gasteiger partial charge is 0.313 e. The lowest BCUT2D eigenvalue weighted by Crippen LogP contribution is -2.37. The van der Waals surface area contributed by atoms with Gasteiger partial charge in [-0.1, -0.05) is 12.1 Å². The number of nitrogens with two attached hydrogens (primary N) is 1. The molecule has 1 rings (SSSR count). The molecule has 0 saturated carbocycles. The van der Waals surface area contributed by atoms with Crippen molar-refractivity contribution in [3.05, 3.63) is 35.6 Å². The fourth-order valence-corrected chi connectivity index (χ4v) is 1.51. The molecule has 0 amide bonds. The summed E-state index contributed by atoms with van der Waals surface area (Å²) in [5.41, 5.74) is 5.64. The summed E-state index contributed by atoms with van der Waals surface area (Å²) in [4.78, 5) is 11.5. The van der Waals surface area contributed by atoms with Crippen molar-refractivity contribution >= 4 is 18.4 Å². The molecule has 0 heterocycles. The van der Waals surface area contributed by atoms with Gasteiger partial charge in [-0.15, -0.1) is 12.4 Å². The van der Waals surface area contributed by atoms with Crippen molar-refractivity contribution in [2.24, 2.45) is 11.1 Å². The Balaban J connectivity index is 0.00000256. The second kappa shape index (κ2) is 5.98. The van der Waals surface area contributed by atoms with Gasteiger partial charge in [-0.25, -0.2) is 4.39 Å². The van der Waals surface area contributed by atoms with Crippen molar-refractivity contribution < 1.29 is 13.9 Å². The van der Waals surface area contributed by atoms with E-state index in [-0.39, 0.29) is 18.2 Å². The molecule has 1 aromatic carbocycles. The Kier molecular flexibility index (Phi) is 5.58. The summed E-state index contributed by atoms with van der Waals surface area (Å²) in [6.45, 7) is 3.35. The first-order valence-electron chi connectivity index (χ1n) is 4.99. The van der Waals surface area contributed by atoms with Crippen molar-refractivity contribution in [1.82, 2.24) is 0 Å². The minimum absolute atomic E-state index is 0. The van der Waals surface area contributed by atoms with Crippen LogP contribution in [0.5, 0.6) is 0 Å². The van der Waals surface area contributed by atoms with Crippen LogP contribution in [0.25, 0.3) is 0 Å². The van der Waals surface area contributed by atoms with Gasteiger partial charge in [0.05, 0.1) is 12.5 Å². The third-order valence-electron chi connectivity index (χ3n) is 2.70. The van der Waals surface area contributed by atoms with Gasteiger partial charge in [-0.2, -0.15) is 0 Å². The van der Waals surface area contributed by atoms with Crippen LogP contribution < -0.4 is 5.73 Å². The van der Waals surface area contributed by atoms with Crippen LogP contribution in [0.15, 0.2) is 24.3 Å². The predicted octanol–water partition coefficient (Wildman–Crippen LogP) is 2.45. The number of carbonyl (C=O) groups is 1. The van der Waals surface area contributed by atoms with Crippen molar-refractivity contribution in [1.29, 1.82) is 0 Å². The van der Waals surface area contributed by atoms with Gasteiger partial charge in [0.15, 0.2) is 0 Å². The maximum atomic E-state index is 13.0. The largest absolute Gasteiger partial charge is 0.469 e. The lowest BCUT2D eigenvalue weighted by Gasteiger charge is -2.28. The van der Waals surface area contributed by atoms with E-state index >= 15 is 0 Å². The zero-order valence-corrected chi connectivity index (χ0v) is 10.9. The van der Waals surface area contributed by atoms with E-state index in [9.17, 15) is 9.18 Å². The standard InChI is InChI=1S/C12H16FNO2.ClH/c1-12(2,11(15)16-3)10(14)8-5-4-6-9(13)7-8;/h4-7,10H,14H2,1-3H3;1H/t10-;/m0./s1. The molecule has 0 saturated heterocycles. The van der Waals surface area contributed by atoms with E-state index in [0.29, 0.717) is 5.56 Å². The molecule has 96 valence electrons. The first-order valence-corrected chi connectivity index (χ1v) is 4.99. The number of benzene rings is 1. The lowest BCUT2D eigenvalue weighted by molar-refractivity contribution is -0.152. The Morgan fingerprint density at radius 2 is 2.06 bits per heavy atom. The molecular weight excluding hydrogens is 245 g/mol. The summed E-state index contributed by atoms with van der Waals surface area (Å²) in [6, 6.07) is 5.32. The molecule has 0 aromatic heterocycles. The highest BCUT2D eigenvalue weighted by atomic mass is 35.5. The molecule has 0 aliphatic rings. The first kappa shape index (κ1) is 15.9. The van der Waals surface area contributed by atoms with E-state index in [1.165, 1.54) is 19.2 Å². The number of hydrogen-bond acceptors (Lipinski definition) is 3. The number of esters is 1. The highest BCUT2D eigenvalue weighted by molar-refractivity contribution is 5.85. The predicted molar refractivity (Wildman–Crippen MR) is 66.4 cm³/mol. The van der Waals surface area contributed by atoms with Crippen LogP contribution in [0.2, 0.25) is 0 Å². The number of rotatable bonds is 3. The van der Waals surface area contributed by atoms with E-state index in [2.05, 4.69) is 4.74 Å². The molecule has 3 nitrogen and oxygen atoms in total. The highest BCUT2D eigenvalue weighted by Gasteiger charge is 2.36. The van der Waals surface area contributed by atoms with Gasteiger partial charge in [0.2, 0.25) is 0 Å². The molecule has 0 radical (unpaired) electrons. The summed E-state index contributed by atoms with van der Waals surface area (Å²) in [5, 5.41) is 0. The molecule has 0 aliphatic heterocycles. The third-order valence-corrected chi connectivity index (χ3v) is 2.70. The van der Waals surface area contributed by atoms with Gasteiger partial charge in [0.25, 0.3) is 0 Å². The van der Waals surface area contributed by atoms with Crippen LogP contribution >= 0.6 is 12.4 Å². The fourth-order valence-electron chi connectivity index (χ4n) is 1.51. The summed E-state index contributed by atoms with van der Waals surface area (Å²) >= 11 is 0. The quantitative estimate of drug-likeness (QED) is 0.851. The molecule has 0 aliphatic carbocycles. The second-order valence-electron chi connectivity index (χ2n) is 4.25. The van der Waals surface area contributed by atoms with E-state index in [1.807, 2.05) is 0 Å². The van der Waals surface area contributed by atoms with Gasteiger partial charge >= 0.3 is 5.97 Å². The number of hydrogen-bond donors (Lipinski definition) is 1. The van der Waals surface area contributed by atoms with E-state index in [1.54, 1.807) is 26.0 Å². The molecule has 1 atom stereocenters. The van der Waals surface area contributed by atoms with Gasteiger partial charge in [-0.05, 0) is 31.5 Å². The van der Waals surface area contributed by atoms with Crippen LogP contribution in [0.4, 0.5) is 4.39 Å². The summed E-state index contributed by atoms with van der Waals surface area (Å²) in [6.07, 6.45) is 0. The lowest BCUT2D eigenvalue weighted by atomic mass is 9.81. The van der Waals surface area contributed by atoms with E-state index in [0.717, 1.165) is 0 Å². The number of halogens is 2. The monoisotopic (exact) mass is 261 g/mol. The van der Waals surface area contributed by atoms with Crippen molar-refractivity contribution in [3.8, 4) is 0 Å². The van der Waals surface area contributed by atoms with Gasteiger partial charge < -0.3 is 10.5 Å². The number of ether oxygens (including phenoxy) is 1. The molecule has 1 aromatic rings. The molecule has 0 bridgehead atoms. The van der Waals surface area contributed by atoms with Crippen molar-refractivity contribution in [2.45, 2.75) is 19.9 Å². The fraction of sp³-hybridized carbons (Fsp3) is 0.417. The molecular formula is C12H17ClFNO2. The van der Waals surface area contributed by atoms with Gasteiger partial charge in [0.1, 0.15) is 5.82 Å². The summed E-state index contributed by atoms with van der Waals surface area (Å²) in [7, 11) is 1.31. The molecule has 2 N–H and O–H groups in total. The van der Waals surface area contributed by atoms with E-state index in [4.69, 9.17) is 5.73 Å². The highest BCUT2D eigenvalue weighted by Crippen LogP contribution is 2.32. The number of carbonyl (C=O) groups excluding carboxylic acids is 1. The second-order valence-corrected chi connectivity index (χ2v) is 4.25. The Bertz CT molecular complexity index is 396. The van der Waals surface area contributed by atoms with Crippen LogP contribution in [0.1, 0.15) is 25.5 Å². The maximum Gasteiger partial charge on any atom is 0.313 e. The van der Waals surface area contributed by atoms with Gasteiger partial charge in [-0.3, -0.25) is 4.79 Å². The van der Waals surface area contributed by atoms with E-state index < -0.39 is 17.4 Å². The van der Waals surface area contributed by atoms with Gasteiger partial charge in [0, 0.05) is 6.04 Å². The maximum absolute atomic E-state index is 13.0. The Morgan fingerprint density at radius 3 is 2.53 bits per heavy atom. The van der Waals surface area contributed by atoms with Crippen LogP contribution in [-0.4, -0.2) is 13.1 Å². The van der Waals surface area contributed by atoms with Crippen LogP contribution in [0.3, 0.4) is 0 Å². The average Bonchev–Trinajstić information content (AvgIpc) is 2.26. The molecule has 0 unspecified atom stereocenters. The normalized spacial score (nSPS) is 12.5. The third kappa shape index (κ3) is 3.41. The Hall–Kier alpha value is -1.13. The Labute approximate surface area is 107 Å².